The van der Waals surface area contributed by atoms with Gasteiger partial charge in [-0.1, -0.05) is 12.2 Å². The third-order valence-corrected chi connectivity index (χ3v) is 3.31. The van der Waals surface area contributed by atoms with Crippen molar-refractivity contribution in [3.05, 3.63) is 12.2 Å². The van der Waals surface area contributed by atoms with Gasteiger partial charge in [0.2, 0.25) is 0 Å². The van der Waals surface area contributed by atoms with Crippen molar-refractivity contribution >= 4 is 12.1 Å². The second-order valence-electron chi connectivity index (χ2n) is 4.50. The van der Waals surface area contributed by atoms with Crippen LogP contribution in [0, 0.1) is 5.92 Å². The normalized spacial score (nSPS) is 28.1. The summed E-state index contributed by atoms with van der Waals surface area (Å²) < 4.78 is 5.30. The molecule has 0 aromatic carbocycles. The maximum atomic E-state index is 11.8. The Morgan fingerprint density at radius 3 is 2.47 bits per heavy atom. The van der Waals surface area contributed by atoms with Gasteiger partial charge in [0.05, 0.1) is 5.92 Å². The molecule has 0 radical (unpaired) electrons. The van der Waals surface area contributed by atoms with Gasteiger partial charge in [0.15, 0.2) is 0 Å². The monoisotopic (exact) mass is 239 g/mol. The van der Waals surface area contributed by atoms with Crippen LogP contribution in [0.15, 0.2) is 12.2 Å². The summed E-state index contributed by atoms with van der Waals surface area (Å²) in [6, 6.07) is 0. The maximum Gasteiger partial charge on any atom is 0.410 e. The van der Waals surface area contributed by atoms with Gasteiger partial charge in [-0.25, -0.2) is 4.79 Å². The number of carbonyl (C=O) groups excluding carboxylic acids is 1. The standard InChI is InChI=1S/C12H17NO4/c14-11(15)9-5-1-2-6-10(9)17-12(16)13-7-3-4-8-13/h1-2,9-10H,3-8H2,(H,14,15)/t9-,10+/m0/s1. The Hall–Kier alpha value is -1.52. The fourth-order valence-electron chi connectivity index (χ4n) is 2.28. The van der Waals surface area contributed by atoms with Crippen LogP contribution in [0.3, 0.4) is 0 Å². The van der Waals surface area contributed by atoms with E-state index in [-0.39, 0.29) is 6.09 Å². The van der Waals surface area contributed by atoms with E-state index < -0.39 is 18.0 Å². The van der Waals surface area contributed by atoms with Crippen molar-refractivity contribution in [2.45, 2.75) is 31.8 Å². The molecule has 1 amide bonds. The van der Waals surface area contributed by atoms with Gasteiger partial charge < -0.3 is 14.7 Å². The van der Waals surface area contributed by atoms with E-state index in [2.05, 4.69) is 0 Å². The molecular weight excluding hydrogens is 222 g/mol. The van der Waals surface area contributed by atoms with Gasteiger partial charge in [-0.05, 0) is 19.3 Å². The van der Waals surface area contributed by atoms with Crippen molar-refractivity contribution in [1.82, 2.24) is 4.90 Å². The first kappa shape index (κ1) is 12.0. The number of carbonyl (C=O) groups is 2. The molecule has 5 nitrogen and oxygen atoms in total. The number of allylic oxidation sites excluding steroid dienone is 1. The quantitative estimate of drug-likeness (QED) is 0.744. The molecule has 0 saturated carbocycles. The summed E-state index contributed by atoms with van der Waals surface area (Å²) in [5, 5.41) is 9.05. The van der Waals surface area contributed by atoms with E-state index in [0.717, 1.165) is 25.9 Å². The van der Waals surface area contributed by atoms with Gasteiger partial charge in [0.25, 0.3) is 0 Å². The predicted octanol–water partition coefficient (Wildman–Crippen LogP) is 1.64. The average Bonchev–Trinajstić information content (AvgIpc) is 2.83. The molecule has 0 aromatic heterocycles. The lowest BCUT2D eigenvalue weighted by molar-refractivity contribution is -0.145. The lowest BCUT2D eigenvalue weighted by Gasteiger charge is -2.27. The van der Waals surface area contributed by atoms with Crippen LogP contribution in [-0.4, -0.2) is 41.3 Å². The fourth-order valence-corrected chi connectivity index (χ4v) is 2.28. The first-order valence-electron chi connectivity index (χ1n) is 6.02. The van der Waals surface area contributed by atoms with Gasteiger partial charge in [0, 0.05) is 19.5 Å². The molecule has 1 saturated heterocycles. The van der Waals surface area contributed by atoms with Crippen LogP contribution in [0.4, 0.5) is 4.79 Å². The first-order valence-corrected chi connectivity index (χ1v) is 6.02. The average molecular weight is 239 g/mol. The van der Waals surface area contributed by atoms with Crippen LogP contribution in [0.1, 0.15) is 25.7 Å². The molecule has 1 aliphatic heterocycles. The van der Waals surface area contributed by atoms with E-state index in [1.165, 1.54) is 0 Å². The Kier molecular flexibility index (Phi) is 3.66. The Balaban J connectivity index is 1.94. The highest BCUT2D eigenvalue weighted by molar-refractivity contribution is 5.73. The zero-order valence-corrected chi connectivity index (χ0v) is 9.67. The highest BCUT2D eigenvalue weighted by atomic mass is 16.6. The van der Waals surface area contributed by atoms with Crippen molar-refractivity contribution < 1.29 is 19.4 Å². The first-order chi connectivity index (χ1) is 8.18. The molecule has 17 heavy (non-hydrogen) atoms. The maximum absolute atomic E-state index is 11.8. The van der Waals surface area contributed by atoms with E-state index in [1.54, 1.807) is 4.90 Å². The van der Waals surface area contributed by atoms with Crippen molar-refractivity contribution in [2.24, 2.45) is 5.92 Å². The number of carboxylic acids is 1. The van der Waals surface area contributed by atoms with Crippen LogP contribution >= 0.6 is 0 Å². The van der Waals surface area contributed by atoms with Crippen LogP contribution in [0.2, 0.25) is 0 Å². The van der Waals surface area contributed by atoms with Crippen LogP contribution in [0.25, 0.3) is 0 Å². The summed E-state index contributed by atoms with van der Waals surface area (Å²) in [7, 11) is 0. The molecule has 5 heteroatoms. The Morgan fingerprint density at radius 2 is 1.82 bits per heavy atom. The Morgan fingerprint density at radius 1 is 1.18 bits per heavy atom. The van der Waals surface area contributed by atoms with Crippen LogP contribution < -0.4 is 0 Å². The second-order valence-corrected chi connectivity index (χ2v) is 4.50. The zero-order valence-electron chi connectivity index (χ0n) is 9.67. The van der Waals surface area contributed by atoms with Crippen LogP contribution in [-0.2, 0) is 9.53 Å². The fraction of sp³-hybridized carbons (Fsp3) is 0.667. The van der Waals surface area contributed by atoms with Crippen molar-refractivity contribution in [2.75, 3.05) is 13.1 Å². The molecule has 2 aliphatic rings. The molecule has 1 fully saturated rings. The number of amides is 1. The van der Waals surface area contributed by atoms with Gasteiger partial charge in [-0.15, -0.1) is 0 Å². The number of likely N-dealkylation sites (tertiary alicyclic amines) is 1. The number of hydrogen-bond acceptors (Lipinski definition) is 3. The van der Waals surface area contributed by atoms with Crippen molar-refractivity contribution in [3.63, 3.8) is 0 Å². The molecular formula is C12H17NO4. The molecule has 94 valence electrons. The van der Waals surface area contributed by atoms with Crippen LogP contribution in [0.5, 0.6) is 0 Å². The predicted molar refractivity (Wildman–Crippen MR) is 60.6 cm³/mol. The SMILES string of the molecule is O=C(O)[C@H]1CC=CC[C@H]1OC(=O)N1CCCC1. The van der Waals surface area contributed by atoms with E-state index in [0.29, 0.717) is 12.8 Å². The molecule has 2 atom stereocenters. The summed E-state index contributed by atoms with van der Waals surface area (Å²) in [5.41, 5.74) is 0. The summed E-state index contributed by atoms with van der Waals surface area (Å²) in [6.07, 6.45) is 5.76. The molecule has 0 spiro atoms. The number of rotatable bonds is 2. The second kappa shape index (κ2) is 5.21. The minimum Gasteiger partial charge on any atom is -0.481 e. The zero-order chi connectivity index (χ0) is 12.3. The van der Waals surface area contributed by atoms with E-state index in [1.807, 2.05) is 12.2 Å². The topological polar surface area (TPSA) is 66.8 Å². The third-order valence-electron chi connectivity index (χ3n) is 3.31. The smallest absolute Gasteiger partial charge is 0.410 e. The summed E-state index contributed by atoms with van der Waals surface area (Å²) in [6.45, 7) is 1.44. The number of ether oxygens (including phenoxy) is 1. The van der Waals surface area contributed by atoms with Gasteiger partial charge in [0.1, 0.15) is 6.10 Å². The molecule has 2 rings (SSSR count). The lowest BCUT2D eigenvalue weighted by Crippen LogP contribution is -2.38. The number of aliphatic carboxylic acids is 1. The van der Waals surface area contributed by atoms with Crippen molar-refractivity contribution in [1.29, 1.82) is 0 Å². The Labute approximate surface area is 100 Å². The molecule has 0 unspecified atom stereocenters. The van der Waals surface area contributed by atoms with Gasteiger partial charge in [-0.2, -0.15) is 0 Å². The van der Waals surface area contributed by atoms with Gasteiger partial charge in [-0.3, -0.25) is 4.79 Å². The van der Waals surface area contributed by atoms with Crippen molar-refractivity contribution in [3.8, 4) is 0 Å². The summed E-state index contributed by atoms with van der Waals surface area (Å²) in [4.78, 5) is 24.4. The highest BCUT2D eigenvalue weighted by Gasteiger charge is 2.33. The van der Waals surface area contributed by atoms with Gasteiger partial charge >= 0.3 is 12.1 Å². The molecule has 0 bridgehead atoms. The minimum atomic E-state index is -0.895. The third kappa shape index (κ3) is 2.78. The number of hydrogen-bond donors (Lipinski definition) is 1. The highest BCUT2D eigenvalue weighted by Crippen LogP contribution is 2.23. The molecule has 1 heterocycles. The number of carboxylic acid groups (broad SMARTS) is 1. The minimum absolute atomic E-state index is 0.367. The number of nitrogens with zero attached hydrogens (tertiary/aromatic N) is 1. The summed E-state index contributed by atoms with van der Waals surface area (Å²) >= 11 is 0. The van der Waals surface area contributed by atoms with E-state index in [4.69, 9.17) is 9.84 Å². The van der Waals surface area contributed by atoms with E-state index in [9.17, 15) is 9.59 Å². The largest absolute Gasteiger partial charge is 0.481 e. The summed E-state index contributed by atoms with van der Waals surface area (Å²) in [5.74, 6) is -1.50. The molecule has 1 aliphatic carbocycles. The van der Waals surface area contributed by atoms with E-state index >= 15 is 0 Å². The molecule has 0 aromatic rings. The molecule has 1 N–H and O–H groups in total. The Bertz CT molecular complexity index is 333. The lowest BCUT2D eigenvalue weighted by atomic mass is 9.91.